The van der Waals surface area contributed by atoms with Crippen LogP contribution in [-0.2, 0) is 19.6 Å². The van der Waals surface area contributed by atoms with Gasteiger partial charge in [0, 0.05) is 6.08 Å². The Hall–Kier alpha value is -1.91. The summed E-state index contributed by atoms with van der Waals surface area (Å²) < 4.78 is 0. The molecule has 0 aromatic heterocycles. The van der Waals surface area contributed by atoms with Crippen LogP contribution in [0.15, 0.2) is 49.1 Å². The lowest BCUT2D eigenvalue weighted by Gasteiger charge is -1.97. The fraction of sp³-hybridized carbons (Fsp3) is 0.0833. The Kier molecular flexibility index (Phi) is 5.62. The normalized spacial score (nSPS) is 10.2. The van der Waals surface area contributed by atoms with Crippen LogP contribution in [0.3, 0.4) is 0 Å². The van der Waals surface area contributed by atoms with Gasteiger partial charge in [0.2, 0.25) is 0 Å². The molecule has 4 heteroatoms. The van der Waals surface area contributed by atoms with Crippen molar-refractivity contribution in [3.05, 3.63) is 54.6 Å². The highest BCUT2D eigenvalue weighted by molar-refractivity contribution is 5.86. The molecule has 0 bridgehead atoms. The van der Waals surface area contributed by atoms with Crippen LogP contribution < -0.4 is 0 Å². The SMILES string of the molecule is C=CCOOOC(=O)/C=C/c1ccccc1. The van der Waals surface area contributed by atoms with Crippen LogP contribution in [0.4, 0.5) is 0 Å². The Balaban J connectivity index is 2.29. The Morgan fingerprint density at radius 3 is 2.75 bits per heavy atom. The van der Waals surface area contributed by atoms with Crippen molar-refractivity contribution >= 4 is 12.0 Å². The van der Waals surface area contributed by atoms with Gasteiger partial charge in [-0.1, -0.05) is 36.4 Å². The molecule has 0 spiro atoms. The molecule has 0 radical (unpaired) electrons. The summed E-state index contributed by atoms with van der Waals surface area (Å²) in [7, 11) is 0. The van der Waals surface area contributed by atoms with E-state index in [0.29, 0.717) is 0 Å². The lowest BCUT2D eigenvalue weighted by molar-refractivity contribution is -0.480. The number of benzene rings is 1. The molecule has 0 heterocycles. The zero-order valence-corrected chi connectivity index (χ0v) is 8.67. The molecule has 0 unspecified atom stereocenters. The predicted octanol–water partition coefficient (Wildman–Crippen LogP) is 2.29. The van der Waals surface area contributed by atoms with Gasteiger partial charge in [0.1, 0.15) is 6.61 Å². The molecule has 0 atom stereocenters. The highest BCUT2D eigenvalue weighted by Crippen LogP contribution is 2.01. The molecule has 1 rings (SSSR count). The van der Waals surface area contributed by atoms with Crippen LogP contribution in [0.25, 0.3) is 6.08 Å². The van der Waals surface area contributed by atoms with Crippen LogP contribution in [-0.4, -0.2) is 12.6 Å². The molecule has 0 saturated heterocycles. The first-order valence-corrected chi connectivity index (χ1v) is 4.67. The fourth-order valence-corrected chi connectivity index (χ4v) is 0.890. The quantitative estimate of drug-likeness (QED) is 0.242. The second kappa shape index (κ2) is 7.39. The van der Waals surface area contributed by atoms with E-state index in [4.69, 9.17) is 0 Å². The molecule has 0 fully saturated rings. The average Bonchev–Trinajstić information content (AvgIpc) is 2.33. The van der Waals surface area contributed by atoms with E-state index < -0.39 is 5.97 Å². The number of hydrogen-bond acceptors (Lipinski definition) is 4. The van der Waals surface area contributed by atoms with Crippen molar-refractivity contribution < 1.29 is 19.6 Å². The van der Waals surface area contributed by atoms with Gasteiger partial charge in [-0.25, -0.2) is 4.79 Å². The number of carbonyl (C=O) groups excluding carboxylic acids is 1. The molecule has 4 nitrogen and oxygen atoms in total. The molecule has 0 saturated carbocycles. The largest absolute Gasteiger partial charge is 0.369 e. The summed E-state index contributed by atoms with van der Waals surface area (Å²) in [5.74, 6) is -0.645. The Bertz CT molecular complexity index is 357. The highest BCUT2D eigenvalue weighted by atomic mass is 17.5. The summed E-state index contributed by atoms with van der Waals surface area (Å²) in [6.45, 7) is 3.54. The molecule has 0 aliphatic rings. The number of rotatable bonds is 6. The maximum Gasteiger partial charge on any atom is 0.369 e. The zero-order valence-electron chi connectivity index (χ0n) is 8.67. The van der Waals surface area contributed by atoms with Crippen molar-refractivity contribution in [3.63, 3.8) is 0 Å². The van der Waals surface area contributed by atoms with Crippen molar-refractivity contribution in [2.75, 3.05) is 6.61 Å². The van der Waals surface area contributed by atoms with Crippen LogP contribution in [0, 0.1) is 0 Å². The lowest BCUT2D eigenvalue weighted by atomic mass is 10.2. The monoisotopic (exact) mass is 220 g/mol. The summed E-state index contributed by atoms with van der Waals surface area (Å²) in [5.41, 5.74) is 0.895. The van der Waals surface area contributed by atoms with E-state index in [9.17, 15) is 4.79 Å². The lowest BCUT2D eigenvalue weighted by Crippen LogP contribution is -2.02. The minimum Gasteiger partial charge on any atom is -0.264 e. The van der Waals surface area contributed by atoms with E-state index in [-0.39, 0.29) is 6.61 Å². The van der Waals surface area contributed by atoms with Gasteiger partial charge >= 0.3 is 5.97 Å². The topological polar surface area (TPSA) is 44.8 Å². The predicted molar refractivity (Wildman–Crippen MR) is 58.8 cm³/mol. The Morgan fingerprint density at radius 1 is 1.31 bits per heavy atom. The van der Waals surface area contributed by atoms with Gasteiger partial charge in [0.25, 0.3) is 0 Å². The smallest absolute Gasteiger partial charge is 0.264 e. The van der Waals surface area contributed by atoms with E-state index in [1.807, 2.05) is 30.3 Å². The van der Waals surface area contributed by atoms with Crippen molar-refractivity contribution in [1.29, 1.82) is 0 Å². The summed E-state index contributed by atoms with van der Waals surface area (Å²) in [6.07, 6.45) is 4.32. The third-order valence-electron chi connectivity index (χ3n) is 1.56. The van der Waals surface area contributed by atoms with Crippen LogP contribution in [0.5, 0.6) is 0 Å². The van der Waals surface area contributed by atoms with E-state index in [2.05, 4.69) is 21.4 Å². The average molecular weight is 220 g/mol. The second-order valence-corrected chi connectivity index (χ2v) is 2.79. The zero-order chi connectivity index (χ0) is 11.6. The minimum atomic E-state index is -0.645. The molecular weight excluding hydrogens is 208 g/mol. The molecule has 84 valence electrons. The molecule has 1 aromatic rings. The first-order valence-electron chi connectivity index (χ1n) is 4.67. The third kappa shape index (κ3) is 5.09. The fourth-order valence-electron chi connectivity index (χ4n) is 0.890. The van der Waals surface area contributed by atoms with Gasteiger partial charge in [0.05, 0.1) is 0 Å². The van der Waals surface area contributed by atoms with Crippen molar-refractivity contribution in [1.82, 2.24) is 0 Å². The Morgan fingerprint density at radius 2 is 2.06 bits per heavy atom. The summed E-state index contributed by atoms with van der Waals surface area (Å²) in [4.78, 5) is 19.7. The maximum atomic E-state index is 11.0. The summed E-state index contributed by atoms with van der Waals surface area (Å²) in [6, 6.07) is 9.35. The van der Waals surface area contributed by atoms with Gasteiger partial charge in [-0.3, -0.25) is 4.89 Å². The standard InChI is InChI=1S/C12H12O4/c1-2-10-14-16-15-12(13)9-8-11-6-4-3-5-7-11/h2-9H,1,10H2/b9-8+. The van der Waals surface area contributed by atoms with Crippen LogP contribution >= 0.6 is 0 Å². The summed E-state index contributed by atoms with van der Waals surface area (Å²) in [5, 5.41) is 4.15. The first kappa shape index (κ1) is 12.2. The van der Waals surface area contributed by atoms with Crippen molar-refractivity contribution in [2.45, 2.75) is 0 Å². The van der Waals surface area contributed by atoms with Gasteiger partial charge in [-0.05, 0) is 16.7 Å². The molecule has 0 N–H and O–H groups in total. The molecule has 0 aliphatic carbocycles. The summed E-state index contributed by atoms with van der Waals surface area (Å²) >= 11 is 0. The molecule has 1 aromatic carbocycles. The van der Waals surface area contributed by atoms with Crippen LogP contribution in [0.1, 0.15) is 5.56 Å². The van der Waals surface area contributed by atoms with Gasteiger partial charge in [0.15, 0.2) is 0 Å². The van der Waals surface area contributed by atoms with E-state index in [0.717, 1.165) is 5.56 Å². The van der Waals surface area contributed by atoms with Gasteiger partial charge in [-0.2, -0.15) is 4.89 Å². The van der Waals surface area contributed by atoms with Crippen molar-refractivity contribution in [2.24, 2.45) is 0 Å². The van der Waals surface area contributed by atoms with Crippen molar-refractivity contribution in [3.8, 4) is 0 Å². The molecule has 16 heavy (non-hydrogen) atoms. The van der Waals surface area contributed by atoms with Crippen LogP contribution in [0.2, 0.25) is 0 Å². The van der Waals surface area contributed by atoms with E-state index >= 15 is 0 Å². The first-order chi connectivity index (χ1) is 7.83. The molecule has 0 aliphatic heterocycles. The number of carbonyl (C=O) groups is 1. The maximum absolute atomic E-state index is 11.0. The third-order valence-corrected chi connectivity index (χ3v) is 1.56. The molecular formula is C12H12O4. The molecule has 0 amide bonds. The minimum absolute atomic E-state index is 0.148. The Labute approximate surface area is 93.6 Å². The van der Waals surface area contributed by atoms with Gasteiger partial charge in [-0.15, -0.1) is 6.58 Å². The van der Waals surface area contributed by atoms with Gasteiger partial charge < -0.3 is 0 Å². The van der Waals surface area contributed by atoms with E-state index in [1.54, 1.807) is 6.08 Å². The number of hydrogen-bond donors (Lipinski definition) is 0. The highest BCUT2D eigenvalue weighted by Gasteiger charge is 1.97. The van der Waals surface area contributed by atoms with E-state index in [1.165, 1.54) is 12.2 Å². The second-order valence-electron chi connectivity index (χ2n) is 2.79.